The number of aliphatic hydroxyl groups is 1. The van der Waals surface area contributed by atoms with Crippen molar-refractivity contribution in [2.45, 2.75) is 6.04 Å². The van der Waals surface area contributed by atoms with Crippen molar-refractivity contribution in [1.82, 2.24) is 9.97 Å². The van der Waals surface area contributed by atoms with E-state index in [0.29, 0.717) is 11.1 Å². The lowest BCUT2D eigenvalue weighted by Gasteiger charge is -2.21. The number of carbonyl (C=O) groups is 2. The van der Waals surface area contributed by atoms with Gasteiger partial charge in [-0.05, 0) is 23.6 Å². The largest absolute Gasteiger partial charge is 0.507 e. The van der Waals surface area contributed by atoms with Crippen molar-refractivity contribution in [3.63, 3.8) is 0 Å². The van der Waals surface area contributed by atoms with E-state index in [1.54, 1.807) is 24.3 Å². The maximum absolute atomic E-state index is 13.0. The first-order chi connectivity index (χ1) is 14.1. The van der Waals surface area contributed by atoms with Gasteiger partial charge in [0.05, 0.1) is 16.6 Å². The molecule has 0 aliphatic carbocycles. The number of H-pyrrole nitrogens is 1. The van der Waals surface area contributed by atoms with Gasteiger partial charge in [-0.25, -0.2) is 4.98 Å². The fraction of sp³-hybridized carbons (Fsp3) is 0.0455. The number of aromatic amines is 1. The molecule has 0 bridgehead atoms. The molecule has 3 heterocycles. The number of para-hydroxylation sites is 2. The lowest BCUT2D eigenvalue weighted by molar-refractivity contribution is -0.132. The van der Waals surface area contributed by atoms with Crippen LogP contribution in [-0.4, -0.2) is 26.8 Å². The zero-order chi connectivity index (χ0) is 20.0. The Morgan fingerprint density at radius 1 is 1.00 bits per heavy atom. The molecule has 1 aliphatic heterocycles. The molecule has 1 atom stereocenters. The standard InChI is InChI=1S/C22H15N3O3S/c26-19(13-7-2-1-3-8-13)17-18(16-11-6-12-29-16)25(21(28)20(17)27)22-23-14-9-4-5-10-15(14)24-22/h1-12,18,26H,(H,23,24)/b19-17+. The summed E-state index contributed by atoms with van der Waals surface area (Å²) in [6, 6.07) is 19.1. The van der Waals surface area contributed by atoms with Crippen LogP contribution in [0.3, 0.4) is 0 Å². The number of benzene rings is 2. The average molecular weight is 401 g/mol. The molecule has 0 spiro atoms. The second-order valence-electron chi connectivity index (χ2n) is 6.63. The van der Waals surface area contributed by atoms with E-state index >= 15 is 0 Å². The van der Waals surface area contributed by atoms with Gasteiger partial charge >= 0.3 is 5.91 Å². The lowest BCUT2D eigenvalue weighted by atomic mass is 10.00. The number of nitrogens with zero attached hydrogens (tertiary/aromatic N) is 2. The molecular formula is C22H15N3O3S. The van der Waals surface area contributed by atoms with Crippen LogP contribution < -0.4 is 4.90 Å². The number of imidazole rings is 1. The number of anilines is 1. The Morgan fingerprint density at radius 3 is 2.48 bits per heavy atom. The highest BCUT2D eigenvalue weighted by Gasteiger charge is 2.48. The Kier molecular flexibility index (Phi) is 4.03. The number of Topliss-reactive ketones (excluding diaryl/α,β-unsaturated/α-hetero) is 1. The second-order valence-corrected chi connectivity index (χ2v) is 7.61. The minimum Gasteiger partial charge on any atom is -0.507 e. The fourth-order valence-corrected chi connectivity index (χ4v) is 4.40. The van der Waals surface area contributed by atoms with Crippen LogP contribution in [0, 0.1) is 0 Å². The van der Waals surface area contributed by atoms with Crippen LogP contribution in [-0.2, 0) is 9.59 Å². The third-order valence-corrected chi connectivity index (χ3v) is 5.83. The maximum Gasteiger partial charge on any atom is 0.302 e. The number of fused-ring (bicyclic) bond motifs is 1. The summed E-state index contributed by atoms with van der Waals surface area (Å²) >= 11 is 1.41. The first kappa shape index (κ1) is 17.4. The monoisotopic (exact) mass is 401 g/mol. The number of aliphatic hydroxyl groups excluding tert-OH is 1. The van der Waals surface area contributed by atoms with Gasteiger partial charge in [0.1, 0.15) is 11.8 Å². The molecule has 29 heavy (non-hydrogen) atoms. The third-order valence-electron chi connectivity index (χ3n) is 4.91. The van der Waals surface area contributed by atoms with E-state index in [1.807, 2.05) is 47.8 Å². The highest BCUT2D eigenvalue weighted by Crippen LogP contribution is 2.43. The maximum atomic E-state index is 13.0. The molecule has 0 saturated carbocycles. The molecule has 4 aromatic rings. The minimum absolute atomic E-state index is 0.0594. The molecule has 2 aromatic heterocycles. The Balaban J connectivity index is 1.73. The molecule has 1 amide bonds. The molecule has 2 aromatic carbocycles. The van der Waals surface area contributed by atoms with E-state index < -0.39 is 17.7 Å². The summed E-state index contributed by atoms with van der Waals surface area (Å²) in [6.07, 6.45) is 0. The number of amides is 1. The average Bonchev–Trinajstić information content (AvgIpc) is 3.47. The third kappa shape index (κ3) is 2.75. The zero-order valence-electron chi connectivity index (χ0n) is 15.1. The Hall–Kier alpha value is -3.71. The van der Waals surface area contributed by atoms with Gasteiger partial charge in [0.25, 0.3) is 5.78 Å². The summed E-state index contributed by atoms with van der Waals surface area (Å²) < 4.78 is 0. The quantitative estimate of drug-likeness (QED) is 0.305. The smallest absolute Gasteiger partial charge is 0.302 e. The highest BCUT2D eigenvalue weighted by molar-refractivity contribution is 7.10. The minimum atomic E-state index is -0.754. The number of ketones is 1. The summed E-state index contributed by atoms with van der Waals surface area (Å²) in [6.45, 7) is 0. The van der Waals surface area contributed by atoms with Crippen LogP contribution in [0.1, 0.15) is 16.5 Å². The van der Waals surface area contributed by atoms with Gasteiger partial charge in [0.2, 0.25) is 5.95 Å². The van der Waals surface area contributed by atoms with Gasteiger partial charge in [-0.2, -0.15) is 0 Å². The summed E-state index contributed by atoms with van der Waals surface area (Å²) in [5.74, 6) is -1.37. The molecule has 1 fully saturated rings. The number of rotatable bonds is 3. The number of nitrogens with one attached hydrogen (secondary N) is 1. The normalized spacial score (nSPS) is 18.6. The van der Waals surface area contributed by atoms with Crippen molar-refractivity contribution in [3.8, 4) is 0 Å². The number of aromatic nitrogens is 2. The van der Waals surface area contributed by atoms with Crippen molar-refractivity contribution in [3.05, 3.63) is 88.1 Å². The number of carbonyl (C=O) groups excluding carboxylic acids is 2. The van der Waals surface area contributed by atoms with Crippen LogP contribution in [0.25, 0.3) is 16.8 Å². The predicted octanol–water partition coefficient (Wildman–Crippen LogP) is 4.25. The highest BCUT2D eigenvalue weighted by atomic mass is 32.1. The van der Waals surface area contributed by atoms with Gasteiger partial charge in [-0.15, -0.1) is 11.3 Å². The van der Waals surface area contributed by atoms with Gasteiger partial charge in [-0.1, -0.05) is 48.5 Å². The summed E-state index contributed by atoms with van der Waals surface area (Å²) in [5.41, 5.74) is 2.00. The first-order valence-corrected chi connectivity index (χ1v) is 9.87. The van der Waals surface area contributed by atoms with Crippen LogP contribution >= 0.6 is 11.3 Å². The molecule has 1 unspecified atom stereocenters. The van der Waals surface area contributed by atoms with E-state index in [1.165, 1.54) is 16.2 Å². The molecule has 6 nitrogen and oxygen atoms in total. The van der Waals surface area contributed by atoms with Crippen LogP contribution in [0.4, 0.5) is 5.95 Å². The molecular weight excluding hydrogens is 386 g/mol. The van der Waals surface area contributed by atoms with Crippen molar-refractivity contribution in [1.29, 1.82) is 0 Å². The second kappa shape index (κ2) is 6.72. The Bertz CT molecular complexity index is 1230. The van der Waals surface area contributed by atoms with E-state index in [9.17, 15) is 14.7 Å². The first-order valence-electron chi connectivity index (χ1n) is 9.00. The van der Waals surface area contributed by atoms with Gasteiger partial charge in [0.15, 0.2) is 0 Å². The molecule has 0 radical (unpaired) electrons. The van der Waals surface area contributed by atoms with E-state index in [4.69, 9.17) is 0 Å². The molecule has 1 aliphatic rings. The van der Waals surface area contributed by atoms with Crippen molar-refractivity contribution in [2.75, 3.05) is 4.90 Å². The van der Waals surface area contributed by atoms with Crippen LogP contribution in [0.5, 0.6) is 0 Å². The summed E-state index contributed by atoms with van der Waals surface area (Å²) in [4.78, 5) is 35.7. The molecule has 5 rings (SSSR count). The number of hydrogen-bond acceptors (Lipinski definition) is 5. The molecule has 7 heteroatoms. The van der Waals surface area contributed by atoms with Crippen molar-refractivity contribution in [2.24, 2.45) is 0 Å². The van der Waals surface area contributed by atoms with Crippen molar-refractivity contribution >= 4 is 45.8 Å². The van der Waals surface area contributed by atoms with E-state index in [-0.39, 0.29) is 17.3 Å². The van der Waals surface area contributed by atoms with E-state index in [2.05, 4.69) is 9.97 Å². The van der Waals surface area contributed by atoms with Gasteiger partial charge < -0.3 is 10.1 Å². The van der Waals surface area contributed by atoms with Crippen molar-refractivity contribution < 1.29 is 14.7 Å². The van der Waals surface area contributed by atoms with Gasteiger partial charge in [0, 0.05) is 10.4 Å². The number of hydrogen-bond donors (Lipinski definition) is 2. The molecule has 1 saturated heterocycles. The molecule has 142 valence electrons. The summed E-state index contributed by atoms with van der Waals surface area (Å²) in [5, 5.41) is 12.8. The van der Waals surface area contributed by atoms with Gasteiger partial charge in [-0.3, -0.25) is 14.5 Å². The Labute approximate surface area is 169 Å². The topological polar surface area (TPSA) is 86.3 Å². The van der Waals surface area contributed by atoms with Crippen LogP contribution in [0.2, 0.25) is 0 Å². The zero-order valence-corrected chi connectivity index (χ0v) is 15.9. The number of thiophene rings is 1. The van der Waals surface area contributed by atoms with E-state index in [0.717, 1.165) is 10.4 Å². The Morgan fingerprint density at radius 2 is 1.76 bits per heavy atom. The lowest BCUT2D eigenvalue weighted by Crippen LogP contribution is -2.30. The fourth-order valence-electron chi connectivity index (χ4n) is 3.57. The SMILES string of the molecule is O=C1C(=O)N(c2nc3ccccc3[nH]2)C(c2cccs2)/C1=C(\O)c1ccccc1. The predicted molar refractivity (Wildman–Crippen MR) is 112 cm³/mol. The summed E-state index contributed by atoms with van der Waals surface area (Å²) in [7, 11) is 0. The molecule has 2 N–H and O–H groups in total. The van der Waals surface area contributed by atoms with Crippen LogP contribution in [0.15, 0.2) is 77.7 Å².